The van der Waals surface area contributed by atoms with Crippen molar-refractivity contribution in [3.63, 3.8) is 0 Å². The Morgan fingerprint density at radius 3 is 2.74 bits per heavy atom. The Labute approximate surface area is 137 Å². The van der Waals surface area contributed by atoms with Gasteiger partial charge in [-0.05, 0) is 43.9 Å². The molecule has 0 bridgehead atoms. The summed E-state index contributed by atoms with van der Waals surface area (Å²) in [5.41, 5.74) is 0.515. The fourth-order valence-electron chi connectivity index (χ4n) is 2.91. The van der Waals surface area contributed by atoms with Gasteiger partial charge in [0.05, 0.1) is 6.61 Å². The van der Waals surface area contributed by atoms with Crippen LogP contribution in [0.5, 0.6) is 11.5 Å². The highest BCUT2D eigenvalue weighted by Gasteiger charge is 2.23. The van der Waals surface area contributed by atoms with Gasteiger partial charge >= 0.3 is 0 Å². The lowest BCUT2D eigenvalue weighted by molar-refractivity contribution is -0.124. The van der Waals surface area contributed by atoms with E-state index in [1.54, 1.807) is 18.2 Å². The Morgan fingerprint density at radius 1 is 1.26 bits per heavy atom. The van der Waals surface area contributed by atoms with Crippen LogP contribution in [0.3, 0.4) is 0 Å². The van der Waals surface area contributed by atoms with Crippen molar-refractivity contribution in [3.8, 4) is 11.5 Å². The molecule has 2 rings (SSSR count). The number of benzene rings is 1. The zero-order valence-corrected chi connectivity index (χ0v) is 13.8. The zero-order chi connectivity index (χ0) is 16.7. The molecular formula is C18H25NO4. The van der Waals surface area contributed by atoms with Crippen molar-refractivity contribution >= 4 is 12.2 Å². The van der Waals surface area contributed by atoms with Crippen LogP contribution in [0.25, 0.3) is 0 Å². The van der Waals surface area contributed by atoms with Gasteiger partial charge in [0, 0.05) is 11.6 Å². The average molecular weight is 319 g/mol. The van der Waals surface area contributed by atoms with Crippen LogP contribution in [-0.2, 0) is 4.79 Å². The molecule has 0 heterocycles. The summed E-state index contributed by atoms with van der Waals surface area (Å²) >= 11 is 0. The van der Waals surface area contributed by atoms with Gasteiger partial charge in [-0.3, -0.25) is 9.59 Å². The van der Waals surface area contributed by atoms with Crippen LogP contribution in [0, 0.1) is 5.92 Å². The molecule has 1 fully saturated rings. The van der Waals surface area contributed by atoms with Gasteiger partial charge in [0.1, 0.15) is 6.29 Å². The van der Waals surface area contributed by atoms with Gasteiger partial charge in [-0.15, -0.1) is 0 Å². The predicted octanol–water partition coefficient (Wildman–Crippen LogP) is 2.97. The van der Waals surface area contributed by atoms with Crippen LogP contribution >= 0.6 is 0 Å². The maximum Gasteiger partial charge on any atom is 0.258 e. The highest BCUT2D eigenvalue weighted by Crippen LogP contribution is 2.28. The molecule has 5 heteroatoms. The minimum Gasteiger partial charge on any atom is -0.490 e. The fourth-order valence-corrected chi connectivity index (χ4v) is 2.91. The molecule has 1 saturated carbocycles. The molecule has 1 aromatic carbocycles. The Morgan fingerprint density at radius 2 is 2.04 bits per heavy atom. The van der Waals surface area contributed by atoms with Crippen LogP contribution in [0.15, 0.2) is 18.2 Å². The van der Waals surface area contributed by atoms with E-state index in [0.29, 0.717) is 29.6 Å². The maximum absolute atomic E-state index is 12.1. The van der Waals surface area contributed by atoms with Gasteiger partial charge in [-0.1, -0.05) is 19.8 Å². The van der Waals surface area contributed by atoms with E-state index in [9.17, 15) is 9.59 Å². The van der Waals surface area contributed by atoms with Crippen LogP contribution in [-0.4, -0.2) is 31.4 Å². The van der Waals surface area contributed by atoms with E-state index in [-0.39, 0.29) is 18.6 Å². The molecule has 0 spiro atoms. The number of ether oxygens (including phenoxy) is 2. The second-order valence-electron chi connectivity index (χ2n) is 5.98. The van der Waals surface area contributed by atoms with E-state index < -0.39 is 0 Å². The smallest absolute Gasteiger partial charge is 0.258 e. The van der Waals surface area contributed by atoms with E-state index in [4.69, 9.17) is 9.47 Å². The third-order valence-electron chi connectivity index (χ3n) is 4.22. The Kier molecular flexibility index (Phi) is 6.44. The summed E-state index contributed by atoms with van der Waals surface area (Å²) in [5.74, 6) is 1.35. The van der Waals surface area contributed by atoms with Crippen LogP contribution in [0.2, 0.25) is 0 Å². The molecule has 0 aliphatic heterocycles. The molecular weight excluding hydrogens is 294 g/mol. The van der Waals surface area contributed by atoms with E-state index in [0.717, 1.165) is 25.5 Å². The summed E-state index contributed by atoms with van der Waals surface area (Å²) in [7, 11) is 0. The molecule has 5 nitrogen and oxygen atoms in total. The molecule has 1 N–H and O–H groups in total. The lowest BCUT2D eigenvalue weighted by atomic mass is 9.86. The molecule has 126 valence electrons. The standard InChI is InChI=1S/C18H25NO4/c1-3-22-17-10-14(11-20)8-9-16(17)23-12-18(21)19-15-7-5-4-6-13(15)2/h8-11,13,15H,3-7,12H2,1-2H3,(H,19,21)/t13-,15-/m0/s1. The lowest BCUT2D eigenvalue weighted by Crippen LogP contribution is -2.43. The van der Waals surface area contributed by atoms with Crippen molar-refractivity contribution in [2.75, 3.05) is 13.2 Å². The third-order valence-corrected chi connectivity index (χ3v) is 4.22. The highest BCUT2D eigenvalue weighted by molar-refractivity contribution is 5.78. The average Bonchev–Trinajstić information content (AvgIpc) is 2.56. The van der Waals surface area contributed by atoms with Crippen LogP contribution < -0.4 is 14.8 Å². The Hall–Kier alpha value is -2.04. The molecule has 1 amide bonds. The molecule has 0 aromatic heterocycles. The normalized spacial score (nSPS) is 20.6. The quantitative estimate of drug-likeness (QED) is 0.785. The van der Waals surface area contributed by atoms with Gasteiger partial charge < -0.3 is 14.8 Å². The molecule has 0 saturated heterocycles. The lowest BCUT2D eigenvalue weighted by Gasteiger charge is -2.29. The predicted molar refractivity (Wildman–Crippen MR) is 88.1 cm³/mol. The third kappa shape index (κ3) is 4.98. The summed E-state index contributed by atoms with van der Waals surface area (Å²) in [4.78, 5) is 22.9. The first kappa shape index (κ1) is 17.3. The number of amides is 1. The van der Waals surface area contributed by atoms with E-state index in [1.807, 2.05) is 6.92 Å². The van der Waals surface area contributed by atoms with Crippen molar-refractivity contribution in [1.29, 1.82) is 0 Å². The number of aldehydes is 1. The van der Waals surface area contributed by atoms with Gasteiger partial charge in [0.25, 0.3) is 5.91 Å². The monoisotopic (exact) mass is 319 g/mol. The minimum atomic E-state index is -0.120. The number of nitrogens with one attached hydrogen (secondary N) is 1. The van der Waals surface area contributed by atoms with Crippen LogP contribution in [0.4, 0.5) is 0 Å². The molecule has 1 aliphatic carbocycles. The minimum absolute atomic E-state index is 0.0519. The SMILES string of the molecule is CCOc1cc(C=O)ccc1OCC(=O)N[C@H]1CCCC[C@@H]1C. The fraction of sp³-hybridized carbons (Fsp3) is 0.556. The van der Waals surface area contributed by atoms with Crippen molar-refractivity contribution < 1.29 is 19.1 Å². The van der Waals surface area contributed by atoms with Gasteiger partial charge in [-0.25, -0.2) is 0 Å². The Bertz CT molecular complexity index is 544. The molecule has 0 unspecified atom stereocenters. The first-order valence-corrected chi connectivity index (χ1v) is 8.28. The summed E-state index contributed by atoms with van der Waals surface area (Å²) in [5, 5.41) is 3.05. The van der Waals surface area contributed by atoms with Gasteiger partial charge in [0.2, 0.25) is 0 Å². The number of rotatable bonds is 7. The van der Waals surface area contributed by atoms with Crippen molar-refractivity contribution in [3.05, 3.63) is 23.8 Å². The van der Waals surface area contributed by atoms with Crippen molar-refractivity contribution in [2.24, 2.45) is 5.92 Å². The molecule has 1 aliphatic rings. The second-order valence-corrected chi connectivity index (χ2v) is 5.98. The molecule has 0 radical (unpaired) electrons. The highest BCUT2D eigenvalue weighted by atomic mass is 16.5. The second kappa shape index (κ2) is 8.56. The summed E-state index contributed by atoms with van der Waals surface area (Å²) in [6, 6.07) is 5.16. The number of carbonyl (C=O) groups is 2. The van der Waals surface area contributed by atoms with E-state index in [1.165, 1.54) is 6.42 Å². The number of hydrogen-bond acceptors (Lipinski definition) is 4. The zero-order valence-electron chi connectivity index (χ0n) is 13.8. The number of hydrogen-bond donors (Lipinski definition) is 1. The maximum atomic E-state index is 12.1. The first-order chi connectivity index (χ1) is 11.1. The van der Waals surface area contributed by atoms with Gasteiger partial charge in [0.15, 0.2) is 18.1 Å². The summed E-state index contributed by atoms with van der Waals surface area (Å²) in [6.45, 7) is 4.44. The molecule has 1 aromatic rings. The summed E-state index contributed by atoms with van der Waals surface area (Å²) in [6.07, 6.45) is 5.35. The van der Waals surface area contributed by atoms with Crippen LogP contribution in [0.1, 0.15) is 49.9 Å². The van der Waals surface area contributed by atoms with Crippen molar-refractivity contribution in [2.45, 2.75) is 45.6 Å². The largest absolute Gasteiger partial charge is 0.490 e. The van der Waals surface area contributed by atoms with Gasteiger partial charge in [-0.2, -0.15) is 0 Å². The summed E-state index contributed by atoms with van der Waals surface area (Å²) < 4.78 is 11.0. The first-order valence-electron chi connectivity index (χ1n) is 8.28. The Balaban J connectivity index is 1.91. The van der Waals surface area contributed by atoms with E-state index >= 15 is 0 Å². The van der Waals surface area contributed by atoms with Crippen molar-refractivity contribution in [1.82, 2.24) is 5.32 Å². The van der Waals surface area contributed by atoms with E-state index in [2.05, 4.69) is 12.2 Å². The molecule has 23 heavy (non-hydrogen) atoms. The topological polar surface area (TPSA) is 64.6 Å². The number of carbonyl (C=O) groups excluding carboxylic acids is 2. The molecule has 2 atom stereocenters.